The van der Waals surface area contributed by atoms with Crippen molar-refractivity contribution < 1.29 is 0 Å². The molecule has 0 radical (unpaired) electrons. The number of benzene rings is 1. The Morgan fingerprint density at radius 3 is 2.38 bits per heavy atom. The van der Waals surface area contributed by atoms with Gasteiger partial charge in [0.1, 0.15) is 0 Å². The molecule has 0 aliphatic heterocycles. The Bertz CT molecular complexity index is 403. The second kappa shape index (κ2) is 7.63. The Hall–Kier alpha value is -0.610. The van der Waals surface area contributed by atoms with Crippen LogP contribution in [0.3, 0.4) is 0 Å². The van der Waals surface area contributed by atoms with Crippen LogP contribution in [0.2, 0.25) is 0 Å². The van der Waals surface area contributed by atoms with E-state index in [1.165, 1.54) is 5.56 Å². The Morgan fingerprint density at radius 2 is 1.81 bits per heavy atom. The molecule has 0 unspecified atom stereocenters. The van der Waals surface area contributed by atoms with Gasteiger partial charge in [0.15, 0.2) is 0 Å². The SMILES string of the molecule is Cl.Cl.NCc1csc(Cc2ccccc2)n1. The first-order chi connectivity index (χ1) is 6.88. The molecule has 0 fully saturated rings. The highest BCUT2D eigenvalue weighted by atomic mass is 35.5. The van der Waals surface area contributed by atoms with Crippen molar-refractivity contribution in [2.75, 3.05) is 0 Å². The first-order valence-electron chi connectivity index (χ1n) is 4.56. The zero-order valence-corrected chi connectivity index (χ0v) is 11.1. The van der Waals surface area contributed by atoms with Crippen molar-refractivity contribution >= 4 is 36.2 Å². The van der Waals surface area contributed by atoms with Gasteiger partial charge in [0.2, 0.25) is 0 Å². The summed E-state index contributed by atoms with van der Waals surface area (Å²) in [6, 6.07) is 10.4. The van der Waals surface area contributed by atoms with E-state index < -0.39 is 0 Å². The Morgan fingerprint density at radius 1 is 1.12 bits per heavy atom. The van der Waals surface area contributed by atoms with Crippen LogP contribution in [0.5, 0.6) is 0 Å². The third-order valence-corrected chi connectivity index (χ3v) is 2.90. The summed E-state index contributed by atoms with van der Waals surface area (Å²) in [5.41, 5.74) is 7.78. The maximum absolute atomic E-state index is 5.50. The fourth-order valence-electron chi connectivity index (χ4n) is 1.29. The van der Waals surface area contributed by atoms with Gasteiger partial charge in [-0.1, -0.05) is 30.3 Å². The van der Waals surface area contributed by atoms with E-state index in [0.29, 0.717) is 6.54 Å². The number of hydrogen-bond donors (Lipinski definition) is 1. The van der Waals surface area contributed by atoms with Crippen molar-refractivity contribution in [3.63, 3.8) is 0 Å². The van der Waals surface area contributed by atoms with Crippen LogP contribution in [0.4, 0.5) is 0 Å². The summed E-state index contributed by atoms with van der Waals surface area (Å²) < 4.78 is 0. The fraction of sp³-hybridized carbons (Fsp3) is 0.182. The lowest BCUT2D eigenvalue weighted by molar-refractivity contribution is 0.982. The minimum atomic E-state index is 0. The molecule has 0 bridgehead atoms. The summed E-state index contributed by atoms with van der Waals surface area (Å²) in [6.45, 7) is 0.533. The number of halogens is 2. The van der Waals surface area contributed by atoms with E-state index in [1.54, 1.807) is 11.3 Å². The zero-order valence-electron chi connectivity index (χ0n) is 8.63. The van der Waals surface area contributed by atoms with Crippen LogP contribution in [0.1, 0.15) is 16.3 Å². The second-order valence-corrected chi connectivity index (χ2v) is 4.04. The molecule has 16 heavy (non-hydrogen) atoms. The summed E-state index contributed by atoms with van der Waals surface area (Å²) in [5, 5.41) is 3.16. The third kappa shape index (κ3) is 4.10. The fourth-order valence-corrected chi connectivity index (χ4v) is 2.14. The summed E-state index contributed by atoms with van der Waals surface area (Å²) >= 11 is 1.68. The number of nitrogens with two attached hydrogens (primary N) is 1. The largest absolute Gasteiger partial charge is 0.325 e. The third-order valence-electron chi connectivity index (χ3n) is 2.01. The predicted octanol–water partition coefficient (Wildman–Crippen LogP) is 3.04. The summed E-state index contributed by atoms with van der Waals surface area (Å²) in [4.78, 5) is 4.42. The molecule has 2 N–H and O–H groups in total. The van der Waals surface area contributed by atoms with Crippen LogP contribution in [0, 0.1) is 0 Å². The first kappa shape index (κ1) is 15.4. The molecule has 2 aromatic rings. The quantitative estimate of drug-likeness (QED) is 0.936. The van der Waals surface area contributed by atoms with Gasteiger partial charge in [-0.25, -0.2) is 4.98 Å². The average Bonchev–Trinajstić information content (AvgIpc) is 2.67. The van der Waals surface area contributed by atoms with Crippen LogP contribution < -0.4 is 5.73 Å². The average molecular weight is 277 g/mol. The number of hydrogen-bond acceptors (Lipinski definition) is 3. The van der Waals surface area contributed by atoms with E-state index in [0.717, 1.165) is 17.1 Å². The van der Waals surface area contributed by atoms with Gasteiger partial charge in [-0.2, -0.15) is 0 Å². The number of nitrogens with zero attached hydrogens (tertiary/aromatic N) is 1. The van der Waals surface area contributed by atoms with Crippen LogP contribution in [-0.2, 0) is 13.0 Å². The minimum absolute atomic E-state index is 0. The van der Waals surface area contributed by atoms with Gasteiger partial charge in [0.25, 0.3) is 0 Å². The van der Waals surface area contributed by atoms with Crippen molar-refractivity contribution in [2.24, 2.45) is 5.73 Å². The first-order valence-corrected chi connectivity index (χ1v) is 5.43. The molecule has 0 saturated carbocycles. The molecule has 0 saturated heterocycles. The van der Waals surface area contributed by atoms with Crippen LogP contribution in [-0.4, -0.2) is 4.98 Å². The van der Waals surface area contributed by atoms with Gasteiger partial charge in [-0.3, -0.25) is 0 Å². The molecular formula is C11H14Cl2N2S. The molecule has 88 valence electrons. The van der Waals surface area contributed by atoms with Gasteiger partial charge < -0.3 is 5.73 Å². The lowest BCUT2D eigenvalue weighted by Gasteiger charge is -1.95. The smallest absolute Gasteiger partial charge is 0.0972 e. The van der Waals surface area contributed by atoms with Crippen LogP contribution >= 0.6 is 36.2 Å². The van der Waals surface area contributed by atoms with Crippen molar-refractivity contribution in [3.05, 3.63) is 52.0 Å². The predicted molar refractivity (Wildman–Crippen MR) is 73.7 cm³/mol. The molecular weight excluding hydrogens is 263 g/mol. The maximum Gasteiger partial charge on any atom is 0.0972 e. The van der Waals surface area contributed by atoms with Crippen molar-refractivity contribution in [3.8, 4) is 0 Å². The van der Waals surface area contributed by atoms with E-state index in [1.807, 2.05) is 23.6 Å². The van der Waals surface area contributed by atoms with E-state index in [9.17, 15) is 0 Å². The monoisotopic (exact) mass is 276 g/mol. The highest BCUT2D eigenvalue weighted by Crippen LogP contribution is 2.14. The topological polar surface area (TPSA) is 38.9 Å². The van der Waals surface area contributed by atoms with E-state index in [-0.39, 0.29) is 24.8 Å². The standard InChI is InChI=1S/C11H12N2S.2ClH/c12-7-10-8-14-11(13-10)6-9-4-2-1-3-5-9;;/h1-5,8H,6-7,12H2;2*1H. The maximum atomic E-state index is 5.50. The lowest BCUT2D eigenvalue weighted by atomic mass is 10.2. The molecule has 2 nitrogen and oxygen atoms in total. The van der Waals surface area contributed by atoms with Gasteiger partial charge >= 0.3 is 0 Å². The number of aromatic nitrogens is 1. The highest BCUT2D eigenvalue weighted by molar-refractivity contribution is 7.09. The van der Waals surface area contributed by atoms with Gasteiger partial charge in [0, 0.05) is 18.3 Å². The molecule has 1 heterocycles. The molecule has 2 rings (SSSR count). The van der Waals surface area contributed by atoms with E-state index in [2.05, 4.69) is 17.1 Å². The van der Waals surface area contributed by atoms with Gasteiger partial charge in [0.05, 0.1) is 10.7 Å². The molecule has 0 atom stereocenters. The highest BCUT2D eigenvalue weighted by Gasteiger charge is 2.01. The van der Waals surface area contributed by atoms with Gasteiger partial charge in [-0.15, -0.1) is 36.2 Å². The van der Waals surface area contributed by atoms with Crippen molar-refractivity contribution in [1.82, 2.24) is 4.98 Å². The van der Waals surface area contributed by atoms with E-state index >= 15 is 0 Å². The molecule has 1 aromatic carbocycles. The lowest BCUT2D eigenvalue weighted by Crippen LogP contribution is -1.96. The molecule has 1 aromatic heterocycles. The Kier molecular flexibility index (Phi) is 7.34. The van der Waals surface area contributed by atoms with Crippen LogP contribution in [0.15, 0.2) is 35.7 Å². The van der Waals surface area contributed by atoms with Crippen LogP contribution in [0.25, 0.3) is 0 Å². The molecule has 0 spiro atoms. The Labute approximate surface area is 112 Å². The minimum Gasteiger partial charge on any atom is -0.325 e. The van der Waals surface area contributed by atoms with Crippen molar-refractivity contribution in [1.29, 1.82) is 0 Å². The summed E-state index contributed by atoms with van der Waals surface area (Å²) in [5.74, 6) is 0. The molecule has 0 aliphatic rings. The molecule has 5 heteroatoms. The van der Waals surface area contributed by atoms with Crippen molar-refractivity contribution in [2.45, 2.75) is 13.0 Å². The Balaban J connectivity index is 0.00000112. The van der Waals surface area contributed by atoms with Gasteiger partial charge in [-0.05, 0) is 5.56 Å². The zero-order chi connectivity index (χ0) is 9.80. The molecule has 0 aliphatic carbocycles. The normalized spacial score (nSPS) is 9.06. The molecule has 0 amide bonds. The number of rotatable bonds is 3. The summed E-state index contributed by atoms with van der Waals surface area (Å²) in [7, 11) is 0. The number of thiazole rings is 1. The summed E-state index contributed by atoms with van der Waals surface area (Å²) in [6.07, 6.45) is 0.908. The second-order valence-electron chi connectivity index (χ2n) is 3.10. The van der Waals surface area contributed by atoms with E-state index in [4.69, 9.17) is 5.73 Å².